The van der Waals surface area contributed by atoms with E-state index in [9.17, 15) is 4.39 Å². The highest BCUT2D eigenvalue weighted by atomic mass is 127. The first-order chi connectivity index (χ1) is 9.65. The number of guanidine groups is 1. The van der Waals surface area contributed by atoms with Crippen molar-refractivity contribution >= 4 is 29.9 Å². The molecule has 21 heavy (non-hydrogen) atoms. The zero-order chi connectivity index (χ0) is 14.4. The molecule has 1 aliphatic rings. The number of aliphatic imine (C=N–C) groups is 1. The highest BCUT2D eigenvalue weighted by molar-refractivity contribution is 14.0. The summed E-state index contributed by atoms with van der Waals surface area (Å²) in [5, 5.41) is 0. The molecule has 1 fully saturated rings. The van der Waals surface area contributed by atoms with Gasteiger partial charge in [0.25, 0.3) is 0 Å². The van der Waals surface area contributed by atoms with Crippen LogP contribution in [0.2, 0.25) is 0 Å². The minimum atomic E-state index is -0.314. The molecule has 0 aromatic heterocycles. The van der Waals surface area contributed by atoms with E-state index < -0.39 is 0 Å². The molecule has 1 aromatic carbocycles. The maximum atomic E-state index is 13.0. The quantitative estimate of drug-likeness (QED) is 0.469. The van der Waals surface area contributed by atoms with Crippen molar-refractivity contribution in [2.75, 3.05) is 32.8 Å². The zero-order valence-corrected chi connectivity index (χ0v) is 14.3. The predicted molar refractivity (Wildman–Crippen MR) is 90.8 cm³/mol. The van der Waals surface area contributed by atoms with Gasteiger partial charge in [-0.05, 0) is 19.1 Å². The minimum absolute atomic E-state index is 0. The van der Waals surface area contributed by atoms with Gasteiger partial charge in [-0.3, -0.25) is 0 Å². The molecular weight excluding hydrogens is 388 g/mol. The molecule has 0 radical (unpaired) electrons. The summed E-state index contributed by atoms with van der Waals surface area (Å²) in [6.45, 7) is 5.17. The van der Waals surface area contributed by atoms with Crippen molar-refractivity contribution < 1.29 is 13.9 Å². The van der Waals surface area contributed by atoms with E-state index in [1.54, 1.807) is 12.1 Å². The number of hydrogen-bond donors (Lipinski definition) is 1. The number of ether oxygens (including phenoxy) is 2. The maximum Gasteiger partial charge on any atom is 0.191 e. The molecule has 5 nitrogen and oxygen atoms in total. The molecule has 1 saturated heterocycles. The van der Waals surface area contributed by atoms with Gasteiger partial charge in [-0.2, -0.15) is 0 Å². The molecule has 7 heteroatoms. The van der Waals surface area contributed by atoms with Gasteiger partial charge in [0, 0.05) is 19.2 Å². The van der Waals surface area contributed by atoms with E-state index in [2.05, 4.69) is 4.99 Å². The Morgan fingerprint density at radius 3 is 2.86 bits per heavy atom. The van der Waals surface area contributed by atoms with Crippen molar-refractivity contribution in [2.45, 2.75) is 13.0 Å². The van der Waals surface area contributed by atoms with E-state index >= 15 is 0 Å². The average molecular weight is 409 g/mol. The highest BCUT2D eigenvalue weighted by Gasteiger charge is 2.12. The van der Waals surface area contributed by atoms with E-state index in [0.29, 0.717) is 31.5 Å². The first-order valence-corrected chi connectivity index (χ1v) is 6.70. The van der Waals surface area contributed by atoms with Crippen LogP contribution in [0, 0.1) is 5.82 Å². The molecule has 2 rings (SSSR count). The first-order valence-electron chi connectivity index (χ1n) is 6.70. The lowest BCUT2D eigenvalue weighted by Crippen LogP contribution is -2.45. The molecule has 1 aromatic rings. The van der Waals surface area contributed by atoms with Crippen LogP contribution in [0.4, 0.5) is 4.39 Å². The van der Waals surface area contributed by atoms with Crippen LogP contribution in [0.5, 0.6) is 5.75 Å². The van der Waals surface area contributed by atoms with Gasteiger partial charge in [-0.15, -0.1) is 24.0 Å². The first kappa shape index (κ1) is 18.0. The van der Waals surface area contributed by atoms with Crippen molar-refractivity contribution in [3.63, 3.8) is 0 Å². The summed E-state index contributed by atoms with van der Waals surface area (Å²) in [6, 6.07) is 6.06. The fourth-order valence-corrected chi connectivity index (χ4v) is 1.92. The second-order valence-electron chi connectivity index (χ2n) is 4.68. The van der Waals surface area contributed by atoms with Gasteiger partial charge in [0.05, 0.1) is 19.8 Å². The van der Waals surface area contributed by atoms with Gasteiger partial charge in [0.15, 0.2) is 5.96 Å². The monoisotopic (exact) mass is 409 g/mol. The van der Waals surface area contributed by atoms with Crippen LogP contribution in [-0.2, 0) is 4.74 Å². The summed E-state index contributed by atoms with van der Waals surface area (Å²) < 4.78 is 23.9. The molecule has 0 saturated carbocycles. The van der Waals surface area contributed by atoms with E-state index in [4.69, 9.17) is 15.2 Å². The van der Waals surface area contributed by atoms with E-state index in [1.807, 2.05) is 11.8 Å². The van der Waals surface area contributed by atoms with Crippen LogP contribution >= 0.6 is 24.0 Å². The standard InChI is InChI=1S/C14H20FN3O2.HI/c1-11(20-13-4-2-3-12(15)9-13)10-17-14(16)18-5-7-19-8-6-18;/h2-4,9,11H,5-8,10H2,1H3,(H2,16,17);1H. The van der Waals surface area contributed by atoms with Gasteiger partial charge < -0.3 is 20.1 Å². The van der Waals surface area contributed by atoms with Gasteiger partial charge >= 0.3 is 0 Å². The number of morpholine rings is 1. The third-order valence-corrected chi connectivity index (χ3v) is 2.98. The highest BCUT2D eigenvalue weighted by Crippen LogP contribution is 2.13. The van der Waals surface area contributed by atoms with Gasteiger partial charge in [-0.25, -0.2) is 9.38 Å². The Kier molecular flexibility index (Phi) is 7.73. The van der Waals surface area contributed by atoms with Crippen LogP contribution in [-0.4, -0.2) is 49.8 Å². The summed E-state index contributed by atoms with van der Waals surface area (Å²) in [4.78, 5) is 6.30. The summed E-state index contributed by atoms with van der Waals surface area (Å²) in [7, 11) is 0. The van der Waals surface area contributed by atoms with Crippen LogP contribution in [0.25, 0.3) is 0 Å². The van der Waals surface area contributed by atoms with Gasteiger partial charge in [0.1, 0.15) is 17.7 Å². The Morgan fingerprint density at radius 2 is 2.19 bits per heavy atom. The third kappa shape index (κ3) is 6.04. The average Bonchev–Trinajstić information content (AvgIpc) is 2.46. The number of hydrogen-bond acceptors (Lipinski definition) is 3. The molecule has 118 valence electrons. The Hall–Kier alpha value is -1.09. The predicted octanol–water partition coefficient (Wildman–Crippen LogP) is 1.86. The molecular formula is C14H21FIN3O2. The lowest BCUT2D eigenvalue weighted by molar-refractivity contribution is 0.0673. The lowest BCUT2D eigenvalue weighted by Gasteiger charge is -2.27. The summed E-state index contributed by atoms with van der Waals surface area (Å²) in [5.74, 6) is 0.687. The Balaban J connectivity index is 0.00000220. The number of rotatable bonds is 4. The summed E-state index contributed by atoms with van der Waals surface area (Å²) >= 11 is 0. The fraction of sp³-hybridized carbons (Fsp3) is 0.500. The molecule has 0 spiro atoms. The van der Waals surface area contributed by atoms with Crippen molar-refractivity contribution in [2.24, 2.45) is 10.7 Å². The van der Waals surface area contributed by atoms with E-state index in [0.717, 1.165) is 13.1 Å². The van der Waals surface area contributed by atoms with Crippen LogP contribution < -0.4 is 10.5 Å². The van der Waals surface area contributed by atoms with E-state index in [1.165, 1.54) is 12.1 Å². The third-order valence-electron chi connectivity index (χ3n) is 2.98. The molecule has 1 unspecified atom stereocenters. The van der Waals surface area contributed by atoms with Crippen molar-refractivity contribution in [1.82, 2.24) is 4.90 Å². The minimum Gasteiger partial charge on any atom is -0.489 e. The summed E-state index contributed by atoms with van der Waals surface area (Å²) in [5.41, 5.74) is 5.92. The SMILES string of the molecule is CC(CN=C(N)N1CCOCC1)Oc1cccc(F)c1.I. The molecule has 0 bridgehead atoms. The van der Waals surface area contributed by atoms with Crippen molar-refractivity contribution in [3.05, 3.63) is 30.1 Å². The topological polar surface area (TPSA) is 60.1 Å². The summed E-state index contributed by atoms with van der Waals surface area (Å²) in [6.07, 6.45) is -0.170. The fourth-order valence-electron chi connectivity index (χ4n) is 1.92. The van der Waals surface area contributed by atoms with Crippen LogP contribution in [0.3, 0.4) is 0 Å². The normalized spacial score (nSPS) is 17.0. The van der Waals surface area contributed by atoms with Crippen molar-refractivity contribution in [3.8, 4) is 5.75 Å². The van der Waals surface area contributed by atoms with E-state index in [-0.39, 0.29) is 35.9 Å². The molecule has 2 N–H and O–H groups in total. The molecule has 0 amide bonds. The number of halogens is 2. The molecule has 1 aliphatic heterocycles. The number of nitrogens with two attached hydrogens (primary N) is 1. The number of benzene rings is 1. The van der Waals surface area contributed by atoms with Gasteiger partial charge in [0.2, 0.25) is 0 Å². The Bertz CT molecular complexity index is 467. The Morgan fingerprint density at radius 1 is 1.48 bits per heavy atom. The Labute approximate surface area is 141 Å². The molecule has 1 heterocycles. The number of nitrogens with zero attached hydrogens (tertiary/aromatic N) is 2. The molecule has 1 atom stereocenters. The second-order valence-corrected chi connectivity index (χ2v) is 4.68. The van der Waals surface area contributed by atoms with Gasteiger partial charge in [-0.1, -0.05) is 6.07 Å². The van der Waals surface area contributed by atoms with Crippen LogP contribution in [0.1, 0.15) is 6.92 Å². The second kappa shape index (κ2) is 9.04. The molecule has 0 aliphatic carbocycles. The maximum absolute atomic E-state index is 13.0. The lowest BCUT2D eigenvalue weighted by atomic mass is 10.3. The zero-order valence-electron chi connectivity index (χ0n) is 12.0. The smallest absolute Gasteiger partial charge is 0.191 e. The van der Waals surface area contributed by atoms with Crippen LogP contribution in [0.15, 0.2) is 29.3 Å². The van der Waals surface area contributed by atoms with Crippen molar-refractivity contribution in [1.29, 1.82) is 0 Å². The largest absolute Gasteiger partial charge is 0.489 e.